The fourth-order valence-electron chi connectivity index (χ4n) is 1.13. The molecule has 3 nitrogen and oxygen atoms in total. The van der Waals surface area contributed by atoms with Gasteiger partial charge < -0.3 is 14.6 Å². The third kappa shape index (κ3) is 0.569. The second-order valence-electron chi connectivity index (χ2n) is 2.54. The van der Waals surface area contributed by atoms with Gasteiger partial charge in [-0.25, -0.2) is 0 Å². The Balaban J connectivity index is 2.24. The minimum absolute atomic E-state index is 0.0416. The minimum atomic E-state index is -0.906. The molecular weight excluding hydrogens is 120 g/mol. The van der Waals surface area contributed by atoms with Crippen LogP contribution in [0.25, 0.3) is 0 Å². The lowest BCUT2D eigenvalue weighted by Gasteiger charge is -2.20. The highest BCUT2D eigenvalue weighted by Crippen LogP contribution is 2.34. The molecule has 0 unspecified atom stereocenters. The smallest absolute Gasteiger partial charge is 0.117 e. The average Bonchev–Trinajstić information content (AvgIpc) is 2.42. The lowest BCUT2D eigenvalue weighted by Crippen LogP contribution is -2.35. The Bertz CT molecular complexity index is 177. The Labute approximate surface area is 56.4 Å². The highest BCUT2D eigenvalue weighted by atomic mass is 16.6. The fourth-order valence-corrected chi connectivity index (χ4v) is 1.13. The molecule has 52 valence electrons. The molecule has 0 saturated carbocycles. The minimum Gasteiger partial charge on any atom is -0.387 e. The van der Waals surface area contributed by atoms with Crippen molar-refractivity contribution in [2.75, 3.05) is 13.2 Å². The molecule has 3 heteroatoms. The molecule has 0 aromatic carbocycles. The summed E-state index contributed by atoms with van der Waals surface area (Å²) in [5, 5.41) is 9.46. The second kappa shape index (κ2) is 1.48. The van der Waals surface area contributed by atoms with Crippen LogP contribution in [-0.2, 0) is 9.47 Å². The predicted molar refractivity (Wildman–Crippen MR) is 30.1 cm³/mol. The Morgan fingerprint density at radius 1 is 2.11 bits per heavy atom. The zero-order valence-corrected chi connectivity index (χ0v) is 4.91. The third-order valence-corrected chi connectivity index (χ3v) is 1.81. The van der Waals surface area contributed by atoms with Crippen LogP contribution in [0.3, 0.4) is 0 Å². The molecule has 2 saturated heterocycles. The quantitative estimate of drug-likeness (QED) is 0.485. The van der Waals surface area contributed by atoms with Crippen LogP contribution in [0.5, 0.6) is 0 Å². The van der Waals surface area contributed by atoms with Crippen LogP contribution in [0.15, 0.2) is 0 Å². The van der Waals surface area contributed by atoms with E-state index in [1.54, 1.807) is 0 Å². The SMILES string of the molecule is [2H]C[C@@]12CO[C@@H]([C@H]([3H])O1)[C@@H]2O. The van der Waals surface area contributed by atoms with E-state index in [0.29, 0.717) is 0 Å². The summed E-state index contributed by atoms with van der Waals surface area (Å²) in [4.78, 5) is 0. The van der Waals surface area contributed by atoms with Crippen molar-refractivity contribution in [2.24, 2.45) is 0 Å². The summed E-state index contributed by atoms with van der Waals surface area (Å²) < 4.78 is 24.6. The van der Waals surface area contributed by atoms with Crippen LogP contribution in [0.1, 0.15) is 9.64 Å². The van der Waals surface area contributed by atoms with E-state index in [9.17, 15) is 5.11 Å². The van der Waals surface area contributed by atoms with Gasteiger partial charge in [-0.3, -0.25) is 0 Å². The first-order valence-electron chi connectivity index (χ1n) is 4.17. The molecular formula is C6H10O3. The number of fused-ring (bicyclic) bond motifs is 2. The number of ether oxygens (including phenoxy) is 2. The molecule has 0 spiro atoms. The molecule has 4 atom stereocenters. The predicted octanol–water partition coefficient (Wildman–Crippen LogP) is -0.465. The number of aliphatic hydroxyl groups excluding tert-OH is 1. The van der Waals surface area contributed by atoms with Crippen LogP contribution in [0, 0.1) is 0 Å². The molecule has 9 heavy (non-hydrogen) atoms. The van der Waals surface area contributed by atoms with Crippen molar-refractivity contribution in [3.63, 3.8) is 0 Å². The first kappa shape index (κ1) is 3.91. The molecule has 2 aliphatic rings. The molecule has 0 aliphatic carbocycles. The van der Waals surface area contributed by atoms with E-state index >= 15 is 0 Å². The summed E-state index contributed by atoms with van der Waals surface area (Å²) in [6, 6.07) is 0. The largest absolute Gasteiger partial charge is 0.387 e. The van der Waals surface area contributed by atoms with Crippen molar-refractivity contribution in [3.05, 3.63) is 0 Å². The maximum absolute atomic E-state index is 9.46. The van der Waals surface area contributed by atoms with Gasteiger partial charge in [0.2, 0.25) is 0 Å². The van der Waals surface area contributed by atoms with E-state index < -0.39 is 24.4 Å². The summed E-state index contributed by atoms with van der Waals surface area (Å²) in [5.41, 5.74) is -0.906. The molecule has 0 amide bonds. The Hall–Kier alpha value is -0.120. The molecule has 2 bridgehead atoms. The van der Waals surface area contributed by atoms with Crippen molar-refractivity contribution in [3.8, 4) is 0 Å². The summed E-state index contributed by atoms with van der Waals surface area (Å²) >= 11 is 0. The van der Waals surface area contributed by atoms with Gasteiger partial charge in [-0.1, -0.05) is 0 Å². The van der Waals surface area contributed by atoms with Gasteiger partial charge in [0.05, 0.1) is 14.6 Å². The van der Waals surface area contributed by atoms with Crippen molar-refractivity contribution >= 4 is 0 Å². The van der Waals surface area contributed by atoms with Gasteiger partial charge in [0.1, 0.15) is 17.8 Å². The van der Waals surface area contributed by atoms with E-state index in [0.717, 1.165) is 0 Å². The third-order valence-electron chi connectivity index (χ3n) is 1.81. The van der Waals surface area contributed by atoms with Crippen molar-refractivity contribution in [1.29, 1.82) is 0 Å². The number of hydrogen-bond acceptors (Lipinski definition) is 3. The Kier molecular flexibility index (Phi) is 0.642. The van der Waals surface area contributed by atoms with Gasteiger partial charge in [0.15, 0.2) is 0 Å². The maximum atomic E-state index is 9.46. The van der Waals surface area contributed by atoms with Crippen LogP contribution in [0.4, 0.5) is 0 Å². The van der Waals surface area contributed by atoms with Crippen LogP contribution >= 0.6 is 0 Å². The van der Waals surface area contributed by atoms with Gasteiger partial charge in [0.25, 0.3) is 0 Å². The monoisotopic (exact) mass is 133 g/mol. The van der Waals surface area contributed by atoms with Crippen molar-refractivity contribution in [2.45, 2.75) is 24.7 Å². The zero-order chi connectivity index (χ0) is 8.06. The molecule has 2 fully saturated rings. The van der Waals surface area contributed by atoms with Crippen LogP contribution < -0.4 is 0 Å². The molecule has 2 heterocycles. The Morgan fingerprint density at radius 3 is 3.33 bits per heavy atom. The molecule has 0 aromatic heterocycles. The van der Waals surface area contributed by atoms with E-state index in [2.05, 4.69) is 0 Å². The number of hydrogen-bond donors (Lipinski definition) is 1. The van der Waals surface area contributed by atoms with Gasteiger partial charge in [0, 0.05) is 1.37 Å². The summed E-state index contributed by atoms with van der Waals surface area (Å²) in [6.07, 6.45) is -1.33. The van der Waals surface area contributed by atoms with Gasteiger partial charge in [-0.05, 0) is 6.90 Å². The van der Waals surface area contributed by atoms with E-state index in [-0.39, 0.29) is 13.5 Å². The van der Waals surface area contributed by atoms with Gasteiger partial charge >= 0.3 is 0 Å². The number of aliphatic hydroxyl groups is 1. The van der Waals surface area contributed by atoms with Gasteiger partial charge in [-0.15, -0.1) is 0 Å². The van der Waals surface area contributed by atoms with Crippen molar-refractivity contribution < 1.29 is 17.3 Å². The first-order valence-corrected chi connectivity index (χ1v) is 2.88. The van der Waals surface area contributed by atoms with E-state index in [4.69, 9.17) is 12.2 Å². The standard InChI is InChI=1S/C6H10O3/c1-6-3-8-4(2-9-6)5(6)7/h4-5,7H,2-3H2,1H3/t4-,5-,6-/m0/s1/i1D,2T/t2-,4-,5-,6-. The normalized spacial score (nSPS) is 67.9. The van der Waals surface area contributed by atoms with Crippen LogP contribution in [0.2, 0.25) is 0 Å². The lowest BCUT2D eigenvalue weighted by atomic mass is 10.0. The van der Waals surface area contributed by atoms with E-state index in [1.807, 2.05) is 0 Å². The fraction of sp³-hybridized carbons (Fsp3) is 1.00. The topological polar surface area (TPSA) is 38.7 Å². The highest BCUT2D eigenvalue weighted by Gasteiger charge is 2.52. The zero-order valence-electron chi connectivity index (χ0n) is 6.91. The second-order valence-corrected chi connectivity index (χ2v) is 2.54. The maximum Gasteiger partial charge on any atom is 0.117 e. The lowest BCUT2D eigenvalue weighted by molar-refractivity contribution is -0.0900. The van der Waals surface area contributed by atoms with Gasteiger partial charge in [-0.2, -0.15) is 0 Å². The van der Waals surface area contributed by atoms with Crippen LogP contribution in [-0.4, -0.2) is 36.1 Å². The molecule has 0 aromatic rings. The first-order chi connectivity index (χ1) is 5.19. The van der Waals surface area contributed by atoms with E-state index in [1.165, 1.54) is 0 Å². The highest BCUT2D eigenvalue weighted by molar-refractivity contribution is 5.00. The molecule has 2 aliphatic heterocycles. The molecule has 0 radical (unpaired) electrons. The summed E-state index contributed by atoms with van der Waals surface area (Å²) in [6.45, 7) is -0.610. The Morgan fingerprint density at radius 2 is 3.00 bits per heavy atom. The average molecular weight is 133 g/mol. The molecule has 1 N–H and O–H groups in total. The van der Waals surface area contributed by atoms with Crippen molar-refractivity contribution in [1.82, 2.24) is 0 Å². The number of rotatable bonds is 0. The summed E-state index contributed by atoms with van der Waals surface area (Å²) in [5.74, 6) is 0. The molecule has 2 rings (SSSR count). The summed E-state index contributed by atoms with van der Waals surface area (Å²) in [7, 11) is 0.